The highest BCUT2D eigenvalue weighted by atomic mass is 32.2. The minimum atomic E-state index is -3.94. The largest absolute Gasteiger partial charge is 0.490 e. The second kappa shape index (κ2) is 6.94. The van der Waals surface area contributed by atoms with Gasteiger partial charge in [-0.25, -0.2) is 8.42 Å². The molecule has 0 saturated carbocycles. The van der Waals surface area contributed by atoms with Crippen molar-refractivity contribution in [2.45, 2.75) is 42.1 Å². The van der Waals surface area contributed by atoms with Crippen molar-refractivity contribution in [2.24, 2.45) is 0 Å². The number of hydrogen-bond acceptors (Lipinski definition) is 6. The van der Waals surface area contributed by atoms with Crippen molar-refractivity contribution in [3.63, 3.8) is 0 Å². The molecule has 1 unspecified atom stereocenters. The average Bonchev–Trinajstić information content (AvgIpc) is 3.43. The fourth-order valence-electron chi connectivity index (χ4n) is 2.52. The zero-order valence-electron chi connectivity index (χ0n) is 15.3. The molecule has 27 heavy (non-hydrogen) atoms. The summed E-state index contributed by atoms with van der Waals surface area (Å²) in [4.78, 5) is 10.5. The third kappa shape index (κ3) is 4.45. The van der Waals surface area contributed by atoms with Gasteiger partial charge < -0.3 is 9.47 Å². The lowest BCUT2D eigenvalue weighted by Crippen LogP contribution is -2.12. The number of rotatable bonds is 6. The van der Waals surface area contributed by atoms with Gasteiger partial charge in [0.2, 0.25) is 9.84 Å². The number of sulfone groups is 1. The van der Waals surface area contributed by atoms with Crippen LogP contribution in [0.5, 0.6) is 5.75 Å². The number of hydrogen-bond donors (Lipinski definition) is 0. The van der Waals surface area contributed by atoms with Gasteiger partial charge in [0.15, 0.2) is 0 Å². The quantitative estimate of drug-likeness (QED) is 0.424. The Balaban J connectivity index is 2.03. The number of epoxide rings is 1. The van der Waals surface area contributed by atoms with Crippen LogP contribution in [0.2, 0.25) is 0 Å². The maximum atomic E-state index is 13.1. The van der Waals surface area contributed by atoms with Crippen LogP contribution >= 0.6 is 0 Å². The van der Waals surface area contributed by atoms with Crippen LogP contribution in [0, 0.1) is 10.1 Å². The molecule has 0 spiro atoms. The van der Waals surface area contributed by atoms with E-state index in [4.69, 9.17) is 9.47 Å². The summed E-state index contributed by atoms with van der Waals surface area (Å²) in [5.74, 6) is 0.130. The molecule has 3 rings (SSSR count). The van der Waals surface area contributed by atoms with E-state index in [1.807, 2.05) is 26.8 Å². The molecule has 1 saturated heterocycles. The van der Waals surface area contributed by atoms with E-state index in [2.05, 4.69) is 0 Å². The van der Waals surface area contributed by atoms with Crippen molar-refractivity contribution >= 4 is 15.5 Å². The first kappa shape index (κ1) is 19.3. The highest BCUT2D eigenvalue weighted by molar-refractivity contribution is 7.91. The maximum absolute atomic E-state index is 13.1. The number of non-ortho nitro benzene ring substituents is 1. The predicted octanol–water partition coefficient (Wildman–Crippen LogP) is 3.50. The molecule has 0 N–H and O–H groups in total. The van der Waals surface area contributed by atoms with E-state index < -0.39 is 14.8 Å². The lowest BCUT2D eigenvalue weighted by Gasteiger charge is -2.19. The van der Waals surface area contributed by atoms with E-state index in [0.29, 0.717) is 6.61 Å². The van der Waals surface area contributed by atoms with Crippen molar-refractivity contribution < 1.29 is 22.8 Å². The van der Waals surface area contributed by atoms with Gasteiger partial charge in [-0.05, 0) is 29.2 Å². The molecular weight excluding hydrogens is 370 g/mol. The van der Waals surface area contributed by atoms with Gasteiger partial charge >= 0.3 is 0 Å². The molecule has 0 bridgehead atoms. The average molecular weight is 391 g/mol. The molecular formula is C19H21NO6S. The van der Waals surface area contributed by atoms with E-state index >= 15 is 0 Å². The number of nitrogens with zero attached hydrogens (tertiary/aromatic N) is 1. The highest BCUT2D eigenvalue weighted by Crippen LogP contribution is 2.32. The molecule has 8 heteroatoms. The molecule has 7 nitrogen and oxygen atoms in total. The van der Waals surface area contributed by atoms with Gasteiger partial charge in [-0.1, -0.05) is 32.9 Å². The molecule has 1 aliphatic rings. The second-order valence-corrected chi connectivity index (χ2v) is 9.42. The molecule has 2 aromatic carbocycles. The molecule has 0 aliphatic carbocycles. The molecule has 1 atom stereocenters. The van der Waals surface area contributed by atoms with Gasteiger partial charge in [0.25, 0.3) is 5.69 Å². The Labute approximate surface area is 158 Å². The Morgan fingerprint density at radius 3 is 2.48 bits per heavy atom. The van der Waals surface area contributed by atoms with E-state index in [1.165, 1.54) is 18.2 Å². The summed E-state index contributed by atoms with van der Waals surface area (Å²) in [6, 6.07) is 10.2. The highest BCUT2D eigenvalue weighted by Gasteiger charge is 2.26. The molecule has 0 aromatic heterocycles. The smallest absolute Gasteiger partial charge is 0.274 e. The zero-order chi connectivity index (χ0) is 19.8. The van der Waals surface area contributed by atoms with E-state index in [9.17, 15) is 18.5 Å². The van der Waals surface area contributed by atoms with E-state index in [1.54, 1.807) is 12.1 Å². The summed E-state index contributed by atoms with van der Waals surface area (Å²) in [7, 11) is -3.94. The summed E-state index contributed by atoms with van der Waals surface area (Å²) in [5, 5.41) is 11.2. The van der Waals surface area contributed by atoms with Crippen molar-refractivity contribution in [3.8, 4) is 5.75 Å². The fraction of sp³-hybridized carbons (Fsp3) is 0.368. The molecule has 1 heterocycles. The van der Waals surface area contributed by atoms with Crippen LogP contribution in [0.3, 0.4) is 0 Å². The number of nitro groups is 1. The van der Waals surface area contributed by atoms with Gasteiger partial charge in [0.05, 0.1) is 27.4 Å². The molecule has 0 radical (unpaired) electrons. The van der Waals surface area contributed by atoms with Crippen LogP contribution in [-0.2, 0) is 20.0 Å². The Morgan fingerprint density at radius 1 is 1.19 bits per heavy atom. The summed E-state index contributed by atoms with van der Waals surface area (Å²) in [5.41, 5.74) is 0.290. The topological polar surface area (TPSA) is 99.0 Å². The fourth-order valence-corrected chi connectivity index (χ4v) is 3.88. The Bertz CT molecular complexity index is 974. The van der Waals surface area contributed by atoms with E-state index in [-0.39, 0.29) is 39.4 Å². The SMILES string of the molecule is CC(C)(C)c1cccc(S(=O)(=O)c2cc(OCC3CO3)cc([N+](=O)[O-])c2)c1. The predicted molar refractivity (Wildman–Crippen MR) is 98.9 cm³/mol. The Kier molecular flexibility index (Phi) is 4.96. The van der Waals surface area contributed by atoms with Gasteiger partial charge in [-0.15, -0.1) is 0 Å². The van der Waals surface area contributed by atoms with Crippen molar-refractivity contribution in [3.05, 3.63) is 58.1 Å². The van der Waals surface area contributed by atoms with Crippen LogP contribution in [0.15, 0.2) is 52.3 Å². The molecule has 144 valence electrons. The zero-order valence-corrected chi connectivity index (χ0v) is 16.2. The maximum Gasteiger partial charge on any atom is 0.274 e. The summed E-state index contributed by atoms with van der Waals surface area (Å²) in [6.07, 6.45) is -0.0483. The van der Waals surface area contributed by atoms with Gasteiger partial charge in [-0.3, -0.25) is 10.1 Å². The molecule has 0 amide bonds. The van der Waals surface area contributed by atoms with Crippen molar-refractivity contribution in [2.75, 3.05) is 13.2 Å². The van der Waals surface area contributed by atoms with Crippen molar-refractivity contribution in [1.82, 2.24) is 0 Å². The minimum absolute atomic E-state index is 0.0483. The normalized spacial score (nSPS) is 16.8. The van der Waals surface area contributed by atoms with Crippen LogP contribution in [0.25, 0.3) is 0 Å². The third-order valence-electron chi connectivity index (χ3n) is 4.23. The minimum Gasteiger partial charge on any atom is -0.490 e. The third-order valence-corrected chi connectivity index (χ3v) is 5.97. The lowest BCUT2D eigenvalue weighted by molar-refractivity contribution is -0.385. The first-order chi connectivity index (χ1) is 12.6. The Hall–Kier alpha value is -2.45. The van der Waals surface area contributed by atoms with Gasteiger partial charge in [0, 0.05) is 6.07 Å². The van der Waals surface area contributed by atoms with Crippen molar-refractivity contribution in [1.29, 1.82) is 0 Å². The summed E-state index contributed by atoms with van der Waals surface area (Å²) in [6.45, 7) is 6.74. The second-order valence-electron chi connectivity index (χ2n) is 7.47. The van der Waals surface area contributed by atoms with Crippen LogP contribution in [0.4, 0.5) is 5.69 Å². The monoisotopic (exact) mass is 391 g/mol. The standard InChI is InChI=1S/C19H21NO6S/c1-19(2,3)13-5-4-6-17(7-13)27(23,24)18-9-14(20(21)22)8-15(10-18)25-11-16-12-26-16/h4-10,16H,11-12H2,1-3H3. The van der Waals surface area contributed by atoms with Crippen LogP contribution in [0.1, 0.15) is 26.3 Å². The van der Waals surface area contributed by atoms with Gasteiger partial charge in [0.1, 0.15) is 18.5 Å². The summed E-state index contributed by atoms with van der Waals surface area (Å²) >= 11 is 0. The Morgan fingerprint density at radius 2 is 1.89 bits per heavy atom. The molecule has 1 aliphatic heterocycles. The van der Waals surface area contributed by atoms with Crippen LogP contribution < -0.4 is 4.74 Å². The first-order valence-corrected chi connectivity index (χ1v) is 9.95. The number of benzene rings is 2. The first-order valence-electron chi connectivity index (χ1n) is 8.47. The van der Waals surface area contributed by atoms with E-state index in [0.717, 1.165) is 11.6 Å². The van der Waals surface area contributed by atoms with Gasteiger partial charge in [-0.2, -0.15) is 0 Å². The number of ether oxygens (including phenoxy) is 2. The van der Waals surface area contributed by atoms with Crippen LogP contribution in [-0.4, -0.2) is 32.7 Å². The number of nitro benzene ring substituents is 1. The molecule has 2 aromatic rings. The summed E-state index contributed by atoms with van der Waals surface area (Å²) < 4.78 is 36.7. The lowest BCUT2D eigenvalue weighted by atomic mass is 9.87. The molecule has 1 fully saturated rings.